The predicted molar refractivity (Wildman–Crippen MR) is 110 cm³/mol. The minimum atomic E-state index is -0.387. The number of carbonyl (C=O) groups excluding carboxylic acids is 1. The number of aryl methyl sites for hydroxylation is 2. The lowest BCUT2D eigenvalue weighted by Gasteiger charge is -2.15. The number of hydrazone groups is 1. The number of amides is 1. The molecule has 0 fully saturated rings. The van der Waals surface area contributed by atoms with Crippen LogP contribution in [0, 0.1) is 13.8 Å². The van der Waals surface area contributed by atoms with Gasteiger partial charge in [-0.1, -0.05) is 48.5 Å². The standard InChI is InChI=1S/C21H22N4OS/c1-15-19(16(2)25(3)24-15)14-22-23-21(26)20(17-10-6-4-7-11-17)27-18-12-8-5-9-13-18/h4-14,20H,1-3H3,(H,23,26)/b22-14+. The summed E-state index contributed by atoms with van der Waals surface area (Å²) in [5.74, 6) is -0.162. The Bertz CT molecular complexity index is 936. The van der Waals surface area contributed by atoms with Crippen LogP contribution in [0.1, 0.15) is 27.8 Å². The molecule has 0 radical (unpaired) electrons. The van der Waals surface area contributed by atoms with Gasteiger partial charge in [-0.05, 0) is 31.5 Å². The SMILES string of the molecule is Cc1nn(C)c(C)c1/C=N/NC(=O)C(Sc1ccccc1)c1ccccc1. The minimum Gasteiger partial charge on any atom is -0.272 e. The van der Waals surface area contributed by atoms with Crippen molar-refractivity contribution in [3.05, 3.63) is 83.2 Å². The van der Waals surface area contributed by atoms with Gasteiger partial charge in [0, 0.05) is 23.2 Å². The summed E-state index contributed by atoms with van der Waals surface area (Å²) < 4.78 is 1.80. The second kappa shape index (κ2) is 8.68. The Hall–Kier alpha value is -2.86. The predicted octanol–water partition coefficient (Wildman–Crippen LogP) is 4.02. The first-order valence-corrected chi connectivity index (χ1v) is 9.54. The molecule has 0 aliphatic heterocycles. The summed E-state index contributed by atoms with van der Waals surface area (Å²) >= 11 is 1.50. The summed E-state index contributed by atoms with van der Waals surface area (Å²) in [7, 11) is 1.89. The summed E-state index contributed by atoms with van der Waals surface area (Å²) in [4.78, 5) is 13.9. The Balaban J connectivity index is 1.77. The van der Waals surface area contributed by atoms with Crippen LogP contribution in [0.2, 0.25) is 0 Å². The monoisotopic (exact) mass is 378 g/mol. The van der Waals surface area contributed by atoms with Crippen molar-refractivity contribution in [3.63, 3.8) is 0 Å². The second-order valence-electron chi connectivity index (χ2n) is 6.16. The van der Waals surface area contributed by atoms with Gasteiger partial charge in [-0.25, -0.2) is 5.43 Å². The van der Waals surface area contributed by atoms with E-state index in [1.165, 1.54) is 11.8 Å². The van der Waals surface area contributed by atoms with Crippen LogP contribution in [-0.2, 0) is 11.8 Å². The molecule has 1 heterocycles. The lowest BCUT2D eigenvalue weighted by atomic mass is 10.1. The maximum absolute atomic E-state index is 12.8. The fraction of sp³-hybridized carbons (Fsp3) is 0.190. The molecule has 0 saturated carbocycles. The molecule has 0 spiro atoms. The Labute approximate surface area is 163 Å². The van der Waals surface area contributed by atoms with Crippen LogP contribution in [0.4, 0.5) is 0 Å². The Morgan fingerprint density at radius 2 is 1.74 bits per heavy atom. The third-order valence-corrected chi connectivity index (χ3v) is 5.54. The van der Waals surface area contributed by atoms with Crippen LogP contribution in [0.3, 0.4) is 0 Å². The number of hydrogen-bond donors (Lipinski definition) is 1. The van der Waals surface area contributed by atoms with Gasteiger partial charge >= 0.3 is 0 Å². The molecule has 138 valence electrons. The number of rotatable bonds is 6. The fourth-order valence-electron chi connectivity index (χ4n) is 2.73. The van der Waals surface area contributed by atoms with Gasteiger partial charge in [0.2, 0.25) is 0 Å². The first-order valence-electron chi connectivity index (χ1n) is 8.66. The Kier molecular flexibility index (Phi) is 6.08. The van der Waals surface area contributed by atoms with E-state index in [4.69, 9.17) is 0 Å². The minimum absolute atomic E-state index is 0.162. The molecule has 1 amide bonds. The van der Waals surface area contributed by atoms with Gasteiger partial charge in [-0.2, -0.15) is 10.2 Å². The van der Waals surface area contributed by atoms with Gasteiger partial charge in [0.1, 0.15) is 5.25 Å². The van der Waals surface area contributed by atoms with E-state index in [9.17, 15) is 4.79 Å². The number of carbonyl (C=O) groups is 1. The number of thioether (sulfide) groups is 1. The van der Waals surface area contributed by atoms with E-state index in [2.05, 4.69) is 15.6 Å². The van der Waals surface area contributed by atoms with Crippen molar-refractivity contribution in [1.29, 1.82) is 0 Å². The van der Waals surface area contributed by atoms with Crippen molar-refractivity contribution in [2.75, 3.05) is 0 Å². The van der Waals surface area contributed by atoms with Crippen LogP contribution in [0.15, 0.2) is 70.7 Å². The molecule has 6 heteroatoms. The second-order valence-corrected chi connectivity index (χ2v) is 7.34. The average Bonchev–Trinajstić information content (AvgIpc) is 2.93. The average molecular weight is 379 g/mol. The molecule has 0 bridgehead atoms. The summed E-state index contributed by atoms with van der Waals surface area (Å²) in [6.07, 6.45) is 1.66. The van der Waals surface area contributed by atoms with E-state index in [-0.39, 0.29) is 11.2 Å². The first kappa shape index (κ1) is 18.9. The lowest BCUT2D eigenvalue weighted by Crippen LogP contribution is -2.23. The van der Waals surface area contributed by atoms with E-state index in [0.29, 0.717) is 0 Å². The topological polar surface area (TPSA) is 59.3 Å². The van der Waals surface area contributed by atoms with Crippen molar-refractivity contribution in [2.24, 2.45) is 12.1 Å². The van der Waals surface area contributed by atoms with Crippen LogP contribution in [0.5, 0.6) is 0 Å². The Morgan fingerprint density at radius 3 is 2.33 bits per heavy atom. The molecule has 3 rings (SSSR count). The molecule has 2 aromatic carbocycles. The van der Waals surface area contributed by atoms with E-state index in [0.717, 1.165) is 27.4 Å². The van der Waals surface area contributed by atoms with E-state index in [1.807, 2.05) is 81.6 Å². The molecule has 1 unspecified atom stereocenters. The maximum atomic E-state index is 12.8. The molecular weight excluding hydrogens is 356 g/mol. The summed E-state index contributed by atoms with van der Waals surface area (Å²) in [6, 6.07) is 19.6. The van der Waals surface area contributed by atoms with Crippen molar-refractivity contribution < 1.29 is 4.79 Å². The van der Waals surface area contributed by atoms with E-state index in [1.54, 1.807) is 10.9 Å². The van der Waals surface area contributed by atoms with Gasteiger partial charge in [0.25, 0.3) is 5.91 Å². The molecule has 0 aliphatic rings. The number of benzene rings is 2. The normalized spacial score (nSPS) is 12.3. The molecule has 5 nitrogen and oxygen atoms in total. The van der Waals surface area contributed by atoms with Crippen molar-refractivity contribution in [3.8, 4) is 0 Å². The molecule has 27 heavy (non-hydrogen) atoms. The summed E-state index contributed by atoms with van der Waals surface area (Å²) in [6.45, 7) is 3.90. The third kappa shape index (κ3) is 4.65. The van der Waals surface area contributed by atoms with Gasteiger partial charge in [0.15, 0.2) is 0 Å². The smallest absolute Gasteiger partial charge is 0.258 e. The van der Waals surface area contributed by atoms with Gasteiger partial charge < -0.3 is 0 Å². The number of nitrogens with one attached hydrogen (secondary N) is 1. The highest BCUT2D eigenvalue weighted by atomic mass is 32.2. The summed E-state index contributed by atoms with van der Waals surface area (Å²) in [5.41, 5.74) is 6.43. The Morgan fingerprint density at radius 1 is 1.11 bits per heavy atom. The van der Waals surface area contributed by atoms with Gasteiger partial charge in [0.05, 0.1) is 11.9 Å². The fourth-order valence-corrected chi connectivity index (χ4v) is 3.77. The van der Waals surface area contributed by atoms with Gasteiger partial charge in [-0.3, -0.25) is 9.48 Å². The van der Waals surface area contributed by atoms with Crippen LogP contribution in [0.25, 0.3) is 0 Å². The van der Waals surface area contributed by atoms with E-state index >= 15 is 0 Å². The zero-order chi connectivity index (χ0) is 19.2. The third-order valence-electron chi connectivity index (χ3n) is 4.27. The molecular formula is C21H22N4OS. The highest BCUT2D eigenvalue weighted by Gasteiger charge is 2.21. The highest BCUT2D eigenvalue weighted by molar-refractivity contribution is 8.00. The molecule has 3 aromatic rings. The van der Waals surface area contributed by atoms with Crippen molar-refractivity contribution >= 4 is 23.9 Å². The highest BCUT2D eigenvalue weighted by Crippen LogP contribution is 2.35. The van der Waals surface area contributed by atoms with Crippen molar-refractivity contribution in [2.45, 2.75) is 24.0 Å². The molecule has 0 aliphatic carbocycles. The van der Waals surface area contributed by atoms with E-state index < -0.39 is 0 Å². The van der Waals surface area contributed by atoms with Crippen molar-refractivity contribution in [1.82, 2.24) is 15.2 Å². The molecule has 1 N–H and O–H groups in total. The summed E-state index contributed by atoms with van der Waals surface area (Å²) in [5, 5.41) is 8.14. The van der Waals surface area contributed by atoms with Crippen LogP contribution >= 0.6 is 11.8 Å². The number of nitrogens with zero attached hydrogens (tertiary/aromatic N) is 3. The zero-order valence-corrected chi connectivity index (χ0v) is 16.4. The van der Waals surface area contributed by atoms with Gasteiger partial charge in [-0.15, -0.1) is 11.8 Å². The maximum Gasteiger partial charge on any atom is 0.258 e. The first-order chi connectivity index (χ1) is 13.1. The quantitative estimate of drug-likeness (QED) is 0.400. The van der Waals surface area contributed by atoms with Crippen LogP contribution in [-0.4, -0.2) is 21.9 Å². The molecule has 1 atom stereocenters. The number of hydrogen-bond acceptors (Lipinski definition) is 4. The molecule has 0 saturated heterocycles. The number of aromatic nitrogens is 2. The van der Waals surface area contributed by atoms with Crippen LogP contribution < -0.4 is 5.43 Å². The largest absolute Gasteiger partial charge is 0.272 e. The molecule has 1 aromatic heterocycles. The lowest BCUT2D eigenvalue weighted by molar-refractivity contribution is -0.120. The zero-order valence-electron chi connectivity index (χ0n) is 15.6.